The normalized spacial score (nSPS) is 14.0. The Balaban J connectivity index is 3.05. The van der Waals surface area contributed by atoms with Crippen LogP contribution in [0.5, 0.6) is 5.75 Å². The van der Waals surface area contributed by atoms with Gasteiger partial charge in [0, 0.05) is 0 Å². The number of ether oxygens (including phenoxy) is 1. The van der Waals surface area contributed by atoms with Crippen LogP contribution in [0.4, 0.5) is 4.39 Å². The van der Waals surface area contributed by atoms with Crippen LogP contribution in [-0.4, -0.2) is 18.2 Å². The SMILES string of the molecule is CCCC(C)(Cc1cccc(OC)c1F)C(=O)O. The van der Waals surface area contributed by atoms with Crippen molar-refractivity contribution in [3.63, 3.8) is 0 Å². The summed E-state index contributed by atoms with van der Waals surface area (Å²) >= 11 is 0. The molecule has 1 aromatic carbocycles. The van der Waals surface area contributed by atoms with E-state index in [2.05, 4.69) is 0 Å². The van der Waals surface area contributed by atoms with Crippen LogP contribution in [0, 0.1) is 11.2 Å². The van der Waals surface area contributed by atoms with Crippen molar-refractivity contribution in [3.8, 4) is 5.75 Å². The summed E-state index contributed by atoms with van der Waals surface area (Å²) in [5.41, 5.74) is -0.560. The van der Waals surface area contributed by atoms with Crippen LogP contribution in [-0.2, 0) is 11.2 Å². The molecule has 0 aliphatic heterocycles. The van der Waals surface area contributed by atoms with E-state index in [0.717, 1.165) is 6.42 Å². The molecule has 4 heteroatoms. The molecular formula is C14H19FO3. The van der Waals surface area contributed by atoms with Gasteiger partial charge in [0.2, 0.25) is 0 Å². The van der Waals surface area contributed by atoms with Gasteiger partial charge in [0.1, 0.15) is 0 Å². The summed E-state index contributed by atoms with van der Waals surface area (Å²) < 4.78 is 18.9. The molecule has 100 valence electrons. The van der Waals surface area contributed by atoms with Crippen LogP contribution in [0.15, 0.2) is 18.2 Å². The summed E-state index contributed by atoms with van der Waals surface area (Å²) in [6.45, 7) is 3.57. The number of benzene rings is 1. The number of methoxy groups -OCH3 is 1. The number of halogens is 1. The fourth-order valence-corrected chi connectivity index (χ4v) is 2.09. The first-order chi connectivity index (χ1) is 8.44. The Morgan fingerprint density at radius 2 is 2.17 bits per heavy atom. The summed E-state index contributed by atoms with van der Waals surface area (Å²) in [5, 5.41) is 9.29. The average molecular weight is 254 g/mol. The molecule has 1 N–H and O–H groups in total. The van der Waals surface area contributed by atoms with Gasteiger partial charge >= 0.3 is 5.97 Å². The minimum atomic E-state index is -0.943. The number of aliphatic carboxylic acids is 1. The third kappa shape index (κ3) is 3.00. The van der Waals surface area contributed by atoms with E-state index in [1.807, 2.05) is 6.92 Å². The zero-order valence-electron chi connectivity index (χ0n) is 11.0. The molecule has 0 saturated carbocycles. The second-order valence-corrected chi connectivity index (χ2v) is 4.73. The van der Waals surface area contributed by atoms with Crippen molar-refractivity contribution in [3.05, 3.63) is 29.6 Å². The molecule has 3 nitrogen and oxygen atoms in total. The molecule has 0 fully saturated rings. The molecule has 1 unspecified atom stereocenters. The number of hydrogen-bond acceptors (Lipinski definition) is 2. The first-order valence-corrected chi connectivity index (χ1v) is 5.99. The minimum Gasteiger partial charge on any atom is -0.494 e. The predicted octanol–water partition coefficient (Wildman–Crippen LogP) is 3.27. The average Bonchev–Trinajstić information content (AvgIpc) is 2.32. The van der Waals surface area contributed by atoms with Gasteiger partial charge in [0.05, 0.1) is 12.5 Å². The van der Waals surface area contributed by atoms with Crippen LogP contribution in [0.3, 0.4) is 0 Å². The lowest BCUT2D eigenvalue weighted by Crippen LogP contribution is -2.30. The summed E-state index contributed by atoms with van der Waals surface area (Å²) in [6, 6.07) is 4.80. The Bertz CT molecular complexity index is 431. The largest absolute Gasteiger partial charge is 0.494 e. The zero-order chi connectivity index (χ0) is 13.8. The number of hydrogen-bond donors (Lipinski definition) is 1. The Labute approximate surface area is 107 Å². The van der Waals surface area contributed by atoms with Crippen molar-refractivity contribution in [2.45, 2.75) is 33.1 Å². The maximum absolute atomic E-state index is 14.0. The molecule has 1 rings (SSSR count). The van der Waals surface area contributed by atoms with Crippen molar-refractivity contribution in [1.29, 1.82) is 0 Å². The molecule has 0 aliphatic rings. The van der Waals surface area contributed by atoms with E-state index >= 15 is 0 Å². The van der Waals surface area contributed by atoms with E-state index in [9.17, 15) is 14.3 Å². The maximum Gasteiger partial charge on any atom is 0.309 e. The van der Waals surface area contributed by atoms with Gasteiger partial charge in [0.25, 0.3) is 0 Å². The summed E-state index contributed by atoms with van der Waals surface area (Å²) in [5.74, 6) is -1.22. The molecule has 0 saturated heterocycles. The van der Waals surface area contributed by atoms with Gasteiger partial charge in [-0.25, -0.2) is 4.39 Å². The highest BCUT2D eigenvalue weighted by Gasteiger charge is 2.33. The number of carboxylic acid groups (broad SMARTS) is 1. The van der Waals surface area contributed by atoms with E-state index in [-0.39, 0.29) is 12.2 Å². The van der Waals surface area contributed by atoms with E-state index in [0.29, 0.717) is 12.0 Å². The van der Waals surface area contributed by atoms with E-state index < -0.39 is 17.2 Å². The van der Waals surface area contributed by atoms with Crippen LogP contribution in [0.2, 0.25) is 0 Å². The second-order valence-electron chi connectivity index (χ2n) is 4.73. The molecule has 1 atom stereocenters. The number of rotatable bonds is 6. The maximum atomic E-state index is 14.0. The van der Waals surface area contributed by atoms with Gasteiger partial charge in [-0.15, -0.1) is 0 Å². The van der Waals surface area contributed by atoms with Gasteiger partial charge in [-0.2, -0.15) is 0 Å². The van der Waals surface area contributed by atoms with E-state index in [1.165, 1.54) is 13.2 Å². The zero-order valence-corrected chi connectivity index (χ0v) is 11.0. The van der Waals surface area contributed by atoms with Gasteiger partial charge in [-0.1, -0.05) is 25.5 Å². The highest BCUT2D eigenvalue weighted by atomic mass is 19.1. The topological polar surface area (TPSA) is 46.5 Å². The molecule has 18 heavy (non-hydrogen) atoms. The van der Waals surface area contributed by atoms with Gasteiger partial charge in [-0.3, -0.25) is 4.79 Å². The Kier molecular flexibility index (Phi) is 4.70. The first-order valence-electron chi connectivity index (χ1n) is 5.99. The number of carbonyl (C=O) groups is 1. The Morgan fingerprint density at radius 3 is 2.67 bits per heavy atom. The molecular weight excluding hydrogens is 235 g/mol. The molecule has 0 spiro atoms. The molecule has 0 heterocycles. The van der Waals surface area contributed by atoms with Crippen LogP contribution in [0.25, 0.3) is 0 Å². The van der Waals surface area contributed by atoms with Crippen LogP contribution in [0.1, 0.15) is 32.3 Å². The Morgan fingerprint density at radius 1 is 1.50 bits per heavy atom. The molecule has 0 amide bonds. The molecule has 0 aromatic heterocycles. The molecule has 0 bridgehead atoms. The second kappa shape index (κ2) is 5.85. The van der Waals surface area contributed by atoms with Crippen molar-refractivity contribution < 1.29 is 19.0 Å². The predicted molar refractivity (Wildman–Crippen MR) is 67.3 cm³/mol. The smallest absolute Gasteiger partial charge is 0.309 e. The van der Waals surface area contributed by atoms with E-state index in [1.54, 1.807) is 19.1 Å². The highest BCUT2D eigenvalue weighted by Crippen LogP contribution is 2.31. The van der Waals surface area contributed by atoms with Gasteiger partial charge in [-0.05, 0) is 31.4 Å². The summed E-state index contributed by atoms with van der Waals surface area (Å²) in [6.07, 6.45) is 1.42. The molecule has 0 aliphatic carbocycles. The van der Waals surface area contributed by atoms with Crippen molar-refractivity contribution in [2.75, 3.05) is 7.11 Å². The lowest BCUT2D eigenvalue weighted by Gasteiger charge is -2.24. The summed E-state index contributed by atoms with van der Waals surface area (Å²) in [4.78, 5) is 11.3. The highest BCUT2D eigenvalue weighted by molar-refractivity contribution is 5.74. The quantitative estimate of drug-likeness (QED) is 0.847. The fourth-order valence-electron chi connectivity index (χ4n) is 2.09. The third-order valence-electron chi connectivity index (χ3n) is 3.16. The standard InChI is InChI=1S/C14H19FO3/c1-4-8-14(2,13(16)17)9-10-6-5-7-11(18-3)12(10)15/h5-7H,4,8-9H2,1-3H3,(H,16,17). The molecule has 0 radical (unpaired) electrons. The van der Waals surface area contributed by atoms with Crippen LogP contribution < -0.4 is 4.74 Å². The lowest BCUT2D eigenvalue weighted by molar-refractivity contribution is -0.148. The monoisotopic (exact) mass is 254 g/mol. The van der Waals surface area contributed by atoms with Gasteiger partial charge < -0.3 is 9.84 Å². The molecule has 1 aromatic rings. The van der Waals surface area contributed by atoms with Crippen molar-refractivity contribution in [1.82, 2.24) is 0 Å². The lowest BCUT2D eigenvalue weighted by atomic mass is 9.79. The van der Waals surface area contributed by atoms with Crippen LogP contribution >= 0.6 is 0 Å². The minimum absolute atomic E-state index is 0.150. The van der Waals surface area contributed by atoms with Gasteiger partial charge in [0.15, 0.2) is 11.6 Å². The van der Waals surface area contributed by atoms with Crippen molar-refractivity contribution >= 4 is 5.97 Å². The first kappa shape index (κ1) is 14.5. The fraction of sp³-hybridized carbons (Fsp3) is 0.500. The Hall–Kier alpha value is -1.58. The van der Waals surface area contributed by atoms with Crippen molar-refractivity contribution in [2.24, 2.45) is 5.41 Å². The summed E-state index contributed by atoms with van der Waals surface area (Å²) in [7, 11) is 1.39. The number of carboxylic acids is 1. The third-order valence-corrected chi connectivity index (χ3v) is 3.16. The van der Waals surface area contributed by atoms with E-state index in [4.69, 9.17) is 4.74 Å².